The minimum absolute atomic E-state index is 0.0501. The quantitative estimate of drug-likeness (QED) is 0.757. The lowest BCUT2D eigenvalue weighted by Gasteiger charge is -2.12. The zero-order valence-corrected chi connectivity index (χ0v) is 11.8. The molecule has 20 heavy (non-hydrogen) atoms. The molecule has 0 spiro atoms. The highest BCUT2D eigenvalue weighted by Gasteiger charge is 2.07. The van der Waals surface area contributed by atoms with Gasteiger partial charge in [-0.1, -0.05) is 12.1 Å². The minimum Gasteiger partial charge on any atom is -0.494 e. The number of ether oxygens (including phenoxy) is 2. The summed E-state index contributed by atoms with van der Waals surface area (Å²) in [6, 6.07) is 7.88. The number of methoxy groups -OCH3 is 1. The van der Waals surface area contributed by atoms with E-state index in [1.54, 1.807) is 7.11 Å². The van der Waals surface area contributed by atoms with Crippen LogP contribution in [0.15, 0.2) is 24.3 Å². The molecular formula is C15H20N2O3. The average Bonchev–Trinajstić information content (AvgIpc) is 2.46. The number of pyridine rings is 1. The summed E-state index contributed by atoms with van der Waals surface area (Å²) >= 11 is 0. The van der Waals surface area contributed by atoms with Crippen molar-refractivity contribution < 1.29 is 14.6 Å². The second-order valence-corrected chi connectivity index (χ2v) is 4.43. The van der Waals surface area contributed by atoms with Crippen LogP contribution in [0.2, 0.25) is 0 Å². The molecule has 1 heterocycles. The monoisotopic (exact) mass is 276 g/mol. The lowest BCUT2D eigenvalue weighted by Crippen LogP contribution is -2.11. The first-order chi connectivity index (χ1) is 9.76. The maximum Gasteiger partial charge on any atom is 0.145 e. The molecule has 5 heteroatoms. The smallest absolute Gasteiger partial charge is 0.145 e. The molecule has 0 amide bonds. The van der Waals surface area contributed by atoms with Crippen LogP contribution in [0.3, 0.4) is 0 Å². The predicted octanol–water partition coefficient (Wildman–Crippen LogP) is 1.97. The van der Waals surface area contributed by atoms with Crippen LogP contribution >= 0.6 is 0 Å². The Balaban J connectivity index is 2.20. The molecule has 108 valence electrons. The van der Waals surface area contributed by atoms with Gasteiger partial charge in [0.05, 0.1) is 26.9 Å². The Bertz CT molecular complexity index is 572. The van der Waals surface area contributed by atoms with Gasteiger partial charge in [-0.2, -0.15) is 0 Å². The summed E-state index contributed by atoms with van der Waals surface area (Å²) in [5.74, 6) is 0.769. The molecule has 1 aromatic carbocycles. The third kappa shape index (κ3) is 3.37. The molecule has 0 aliphatic heterocycles. The maximum absolute atomic E-state index is 8.65. The molecule has 5 nitrogen and oxygen atoms in total. The number of aliphatic hydroxyl groups excluding tert-OH is 1. The van der Waals surface area contributed by atoms with Crippen LogP contribution < -0.4 is 10.1 Å². The van der Waals surface area contributed by atoms with E-state index in [1.165, 1.54) is 0 Å². The number of benzene rings is 1. The normalized spacial score (nSPS) is 10.8. The van der Waals surface area contributed by atoms with Crippen LogP contribution in [0.4, 0.5) is 5.69 Å². The summed E-state index contributed by atoms with van der Waals surface area (Å²) in [5.41, 5.74) is 2.80. The van der Waals surface area contributed by atoms with Crippen molar-refractivity contribution in [2.45, 2.75) is 6.92 Å². The summed E-state index contributed by atoms with van der Waals surface area (Å²) in [7, 11) is 1.65. The largest absolute Gasteiger partial charge is 0.494 e. The Morgan fingerprint density at radius 1 is 1.30 bits per heavy atom. The molecule has 1 aromatic heterocycles. The summed E-state index contributed by atoms with van der Waals surface area (Å²) in [4.78, 5) is 4.54. The number of aliphatic hydroxyl groups is 1. The number of anilines is 1. The second-order valence-electron chi connectivity index (χ2n) is 4.43. The molecular weight excluding hydrogens is 256 g/mol. The second kappa shape index (κ2) is 7.07. The standard InChI is InChI=1S/C15H20N2O3/c1-11-10-13(16-6-8-20-9-7-18)12-4-3-5-14(19-2)15(12)17-11/h3-5,10,18H,6-9H2,1-2H3,(H,16,17). The van der Waals surface area contributed by atoms with E-state index < -0.39 is 0 Å². The predicted molar refractivity (Wildman–Crippen MR) is 79.4 cm³/mol. The van der Waals surface area contributed by atoms with Gasteiger partial charge in [-0.3, -0.25) is 0 Å². The van der Waals surface area contributed by atoms with Gasteiger partial charge in [0, 0.05) is 23.3 Å². The maximum atomic E-state index is 8.65. The third-order valence-electron chi connectivity index (χ3n) is 2.95. The van der Waals surface area contributed by atoms with Crippen LogP contribution in [-0.2, 0) is 4.74 Å². The van der Waals surface area contributed by atoms with Crippen LogP contribution in [0.1, 0.15) is 5.69 Å². The molecule has 0 fully saturated rings. The van der Waals surface area contributed by atoms with Gasteiger partial charge in [-0.25, -0.2) is 4.98 Å². The summed E-state index contributed by atoms with van der Waals surface area (Å²) < 4.78 is 10.6. The molecule has 0 unspecified atom stereocenters. The van der Waals surface area contributed by atoms with Gasteiger partial charge in [-0.15, -0.1) is 0 Å². The molecule has 2 rings (SSSR count). The fourth-order valence-electron chi connectivity index (χ4n) is 2.09. The summed E-state index contributed by atoms with van der Waals surface area (Å²) in [5, 5.41) is 13.0. The Morgan fingerprint density at radius 2 is 2.15 bits per heavy atom. The lowest BCUT2D eigenvalue weighted by molar-refractivity contribution is 0.0992. The molecule has 2 aromatic rings. The number of hydrogen-bond acceptors (Lipinski definition) is 5. The number of nitrogens with one attached hydrogen (secondary N) is 1. The average molecular weight is 276 g/mol. The van der Waals surface area contributed by atoms with Gasteiger partial charge >= 0.3 is 0 Å². The fourth-order valence-corrected chi connectivity index (χ4v) is 2.09. The zero-order valence-electron chi connectivity index (χ0n) is 11.8. The first kappa shape index (κ1) is 14.6. The van der Waals surface area contributed by atoms with Gasteiger partial charge in [0.15, 0.2) is 0 Å². The van der Waals surface area contributed by atoms with Gasteiger partial charge < -0.3 is 19.9 Å². The molecule has 0 aliphatic rings. The first-order valence-electron chi connectivity index (χ1n) is 6.63. The lowest BCUT2D eigenvalue weighted by atomic mass is 10.1. The Labute approximate surface area is 118 Å². The number of aryl methyl sites for hydroxylation is 1. The number of fused-ring (bicyclic) bond motifs is 1. The molecule has 0 atom stereocenters. The van der Waals surface area contributed by atoms with E-state index in [0.29, 0.717) is 19.8 Å². The highest BCUT2D eigenvalue weighted by molar-refractivity contribution is 5.95. The van der Waals surface area contributed by atoms with Crippen molar-refractivity contribution in [1.29, 1.82) is 0 Å². The summed E-state index contributed by atoms with van der Waals surface area (Å²) in [6.45, 7) is 3.60. The van der Waals surface area contributed by atoms with E-state index in [4.69, 9.17) is 14.6 Å². The molecule has 0 saturated heterocycles. The van der Waals surface area contributed by atoms with Crippen LogP contribution in [0, 0.1) is 6.92 Å². The SMILES string of the molecule is COc1cccc2c(NCCOCCO)cc(C)nc12. The van der Waals surface area contributed by atoms with E-state index in [2.05, 4.69) is 10.3 Å². The van der Waals surface area contributed by atoms with Gasteiger partial charge in [0.2, 0.25) is 0 Å². The van der Waals surface area contributed by atoms with E-state index >= 15 is 0 Å². The van der Waals surface area contributed by atoms with Crippen molar-refractivity contribution in [2.75, 3.05) is 38.8 Å². The number of rotatable bonds is 7. The Morgan fingerprint density at radius 3 is 2.90 bits per heavy atom. The number of aromatic nitrogens is 1. The number of hydrogen-bond donors (Lipinski definition) is 2. The van der Waals surface area contributed by atoms with E-state index in [-0.39, 0.29) is 6.61 Å². The molecule has 0 bridgehead atoms. The Hall–Kier alpha value is -1.85. The van der Waals surface area contributed by atoms with Gasteiger partial charge in [0.1, 0.15) is 11.3 Å². The van der Waals surface area contributed by atoms with Crippen molar-refractivity contribution in [3.8, 4) is 5.75 Å². The Kier molecular flexibility index (Phi) is 5.15. The van der Waals surface area contributed by atoms with Crippen molar-refractivity contribution in [2.24, 2.45) is 0 Å². The topological polar surface area (TPSA) is 63.6 Å². The van der Waals surface area contributed by atoms with E-state index in [0.717, 1.165) is 28.0 Å². The fraction of sp³-hybridized carbons (Fsp3) is 0.400. The molecule has 0 radical (unpaired) electrons. The van der Waals surface area contributed by atoms with Crippen molar-refractivity contribution in [3.05, 3.63) is 30.0 Å². The number of para-hydroxylation sites is 1. The third-order valence-corrected chi connectivity index (χ3v) is 2.95. The van der Waals surface area contributed by atoms with Gasteiger partial charge in [-0.05, 0) is 19.1 Å². The molecule has 0 saturated carbocycles. The van der Waals surface area contributed by atoms with Crippen LogP contribution in [-0.4, -0.2) is 43.6 Å². The van der Waals surface area contributed by atoms with Crippen LogP contribution in [0.5, 0.6) is 5.75 Å². The van der Waals surface area contributed by atoms with E-state index in [1.807, 2.05) is 31.2 Å². The van der Waals surface area contributed by atoms with Crippen LogP contribution in [0.25, 0.3) is 10.9 Å². The highest BCUT2D eigenvalue weighted by Crippen LogP contribution is 2.29. The minimum atomic E-state index is 0.0501. The van der Waals surface area contributed by atoms with Crippen molar-refractivity contribution >= 4 is 16.6 Å². The van der Waals surface area contributed by atoms with Gasteiger partial charge in [0.25, 0.3) is 0 Å². The number of nitrogens with zero attached hydrogens (tertiary/aromatic N) is 1. The van der Waals surface area contributed by atoms with Crippen molar-refractivity contribution in [1.82, 2.24) is 4.98 Å². The first-order valence-corrected chi connectivity index (χ1v) is 6.63. The van der Waals surface area contributed by atoms with Crippen molar-refractivity contribution in [3.63, 3.8) is 0 Å². The highest BCUT2D eigenvalue weighted by atomic mass is 16.5. The molecule has 2 N–H and O–H groups in total. The summed E-state index contributed by atoms with van der Waals surface area (Å²) in [6.07, 6.45) is 0. The van der Waals surface area contributed by atoms with E-state index in [9.17, 15) is 0 Å². The zero-order chi connectivity index (χ0) is 14.4. The molecule has 0 aliphatic carbocycles.